The van der Waals surface area contributed by atoms with Crippen LogP contribution in [0.25, 0.3) is 17.1 Å². The molecule has 1 aliphatic rings. The van der Waals surface area contributed by atoms with Crippen LogP contribution in [0.15, 0.2) is 71.9 Å². The number of anilines is 1. The van der Waals surface area contributed by atoms with E-state index in [9.17, 15) is 9.18 Å². The first kappa shape index (κ1) is 22.9. The highest BCUT2D eigenvalue weighted by Crippen LogP contribution is 2.33. The van der Waals surface area contributed by atoms with E-state index >= 15 is 0 Å². The van der Waals surface area contributed by atoms with Gasteiger partial charge in [0.1, 0.15) is 5.82 Å². The van der Waals surface area contributed by atoms with Gasteiger partial charge in [0, 0.05) is 23.9 Å². The summed E-state index contributed by atoms with van der Waals surface area (Å²) in [4.78, 5) is 12.7. The fourth-order valence-corrected chi connectivity index (χ4v) is 4.43. The molecule has 0 bridgehead atoms. The number of hydrogen-bond acceptors (Lipinski definition) is 6. The molecular weight excluding hydrogens is 467 g/mol. The Labute approximate surface area is 206 Å². The summed E-state index contributed by atoms with van der Waals surface area (Å²) in [5.41, 5.74) is 2.83. The lowest BCUT2D eigenvalue weighted by Crippen LogP contribution is -2.14. The average Bonchev–Trinajstić information content (AvgIpc) is 3.13. The fourth-order valence-electron chi connectivity index (χ4n) is 3.68. The molecule has 0 fully saturated rings. The van der Waals surface area contributed by atoms with Crippen LogP contribution in [0.5, 0.6) is 11.5 Å². The Morgan fingerprint density at radius 1 is 1.03 bits per heavy atom. The van der Waals surface area contributed by atoms with Crippen molar-refractivity contribution >= 4 is 23.4 Å². The Morgan fingerprint density at radius 3 is 2.60 bits per heavy atom. The van der Waals surface area contributed by atoms with E-state index in [2.05, 4.69) is 15.5 Å². The van der Waals surface area contributed by atoms with Gasteiger partial charge in [-0.3, -0.25) is 9.36 Å². The Kier molecular flexibility index (Phi) is 6.67. The van der Waals surface area contributed by atoms with Crippen LogP contribution < -0.4 is 14.8 Å². The van der Waals surface area contributed by atoms with Crippen LogP contribution in [0.4, 0.5) is 10.1 Å². The predicted octanol–water partition coefficient (Wildman–Crippen LogP) is 5.27. The first-order chi connectivity index (χ1) is 17.1. The Morgan fingerprint density at radius 2 is 1.80 bits per heavy atom. The van der Waals surface area contributed by atoms with Gasteiger partial charge in [0.25, 0.3) is 0 Å². The number of nitrogens with zero attached hydrogens (tertiary/aromatic N) is 3. The number of hydrogen-bond donors (Lipinski definition) is 1. The zero-order valence-electron chi connectivity index (χ0n) is 19.0. The van der Waals surface area contributed by atoms with E-state index in [1.54, 1.807) is 41.0 Å². The number of carbonyl (C=O) groups is 1. The number of ether oxygens (including phenoxy) is 2. The molecule has 35 heavy (non-hydrogen) atoms. The number of nitrogens with one attached hydrogen (secondary N) is 1. The van der Waals surface area contributed by atoms with E-state index in [0.717, 1.165) is 17.7 Å². The van der Waals surface area contributed by atoms with Crippen molar-refractivity contribution in [2.75, 3.05) is 24.3 Å². The predicted molar refractivity (Wildman–Crippen MR) is 133 cm³/mol. The summed E-state index contributed by atoms with van der Waals surface area (Å²) < 4.78 is 27.7. The lowest BCUT2D eigenvalue weighted by molar-refractivity contribution is -0.113. The zero-order chi connectivity index (χ0) is 24.2. The second-order valence-electron chi connectivity index (χ2n) is 8.01. The summed E-state index contributed by atoms with van der Waals surface area (Å²) >= 11 is 1.23. The molecule has 1 amide bonds. The molecule has 0 radical (unpaired) electrons. The summed E-state index contributed by atoms with van der Waals surface area (Å²) in [7, 11) is 0. The molecular formula is C26H23FN4O3S. The fraction of sp³-hybridized carbons (Fsp3) is 0.192. The van der Waals surface area contributed by atoms with E-state index in [-0.39, 0.29) is 11.7 Å². The van der Waals surface area contributed by atoms with Crippen molar-refractivity contribution in [1.82, 2.24) is 14.8 Å². The smallest absolute Gasteiger partial charge is 0.234 e. The van der Waals surface area contributed by atoms with Crippen molar-refractivity contribution in [3.63, 3.8) is 0 Å². The number of carbonyl (C=O) groups excluding carboxylic acids is 1. The standard InChI is InChI=1S/C26H23FN4O3S/c1-17-7-10-19(11-8-17)31-25(20-5-2-3-6-21(20)27)29-30-26(31)35-16-24(32)28-18-9-12-22-23(15-18)34-14-4-13-33-22/h2-3,5-12,15H,4,13-14,16H2,1H3,(H,28,32). The Hall–Kier alpha value is -3.85. The molecule has 0 unspecified atom stereocenters. The lowest BCUT2D eigenvalue weighted by Gasteiger charge is -2.12. The molecule has 0 atom stereocenters. The number of rotatable bonds is 6. The van der Waals surface area contributed by atoms with Gasteiger partial charge in [-0.15, -0.1) is 10.2 Å². The maximum absolute atomic E-state index is 14.6. The normalized spacial score (nSPS) is 12.7. The minimum absolute atomic E-state index is 0.0930. The second kappa shape index (κ2) is 10.2. The molecule has 0 saturated carbocycles. The summed E-state index contributed by atoms with van der Waals surface area (Å²) in [6, 6.07) is 19.5. The quantitative estimate of drug-likeness (QED) is 0.371. The number of thioether (sulfide) groups is 1. The average molecular weight is 491 g/mol. The molecule has 2 heterocycles. The molecule has 9 heteroatoms. The third kappa shape index (κ3) is 5.14. The Bertz CT molecular complexity index is 1360. The van der Waals surface area contributed by atoms with Gasteiger partial charge < -0.3 is 14.8 Å². The van der Waals surface area contributed by atoms with Crippen molar-refractivity contribution in [1.29, 1.82) is 0 Å². The van der Waals surface area contributed by atoms with Crippen LogP contribution in [0.3, 0.4) is 0 Å². The molecule has 5 rings (SSSR count). The van der Waals surface area contributed by atoms with Gasteiger partial charge >= 0.3 is 0 Å². The number of amides is 1. The monoisotopic (exact) mass is 490 g/mol. The van der Waals surface area contributed by atoms with Gasteiger partial charge in [-0.05, 0) is 43.3 Å². The van der Waals surface area contributed by atoms with Crippen LogP contribution in [0, 0.1) is 12.7 Å². The molecule has 4 aromatic rings. The molecule has 0 spiro atoms. The van der Waals surface area contributed by atoms with Gasteiger partial charge in [-0.1, -0.05) is 41.6 Å². The maximum Gasteiger partial charge on any atom is 0.234 e. The second-order valence-corrected chi connectivity index (χ2v) is 8.95. The summed E-state index contributed by atoms with van der Waals surface area (Å²) in [5.74, 6) is 1.14. The minimum atomic E-state index is -0.392. The van der Waals surface area contributed by atoms with Gasteiger partial charge in [-0.2, -0.15) is 0 Å². The van der Waals surface area contributed by atoms with Gasteiger partial charge in [0.05, 0.1) is 24.5 Å². The molecule has 0 aliphatic carbocycles. The number of aromatic nitrogens is 3. The summed E-state index contributed by atoms with van der Waals surface area (Å²) in [6.07, 6.45) is 0.809. The van der Waals surface area contributed by atoms with E-state index in [4.69, 9.17) is 9.47 Å². The van der Waals surface area contributed by atoms with Gasteiger partial charge in [0.15, 0.2) is 22.5 Å². The Balaban J connectivity index is 1.36. The van der Waals surface area contributed by atoms with E-state index in [1.165, 1.54) is 17.8 Å². The van der Waals surface area contributed by atoms with E-state index in [0.29, 0.717) is 46.9 Å². The van der Waals surface area contributed by atoms with Crippen LogP contribution in [0.2, 0.25) is 0 Å². The number of fused-ring (bicyclic) bond motifs is 1. The summed E-state index contributed by atoms with van der Waals surface area (Å²) in [5, 5.41) is 11.9. The van der Waals surface area contributed by atoms with Crippen LogP contribution >= 0.6 is 11.8 Å². The van der Waals surface area contributed by atoms with Crippen LogP contribution in [-0.2, 0) is 4.79 Å². The highest BCUT2D eigenvalue weighted by molar-refractivity contribution is 7.99. The number of aryl methyl sites for hydroxylation is 1. The van der Waals surface area contributed by atoms with Crippen molar-refractivity contribution < 1.29 is 18.7 Å². The maximum atomic E-state index is 14.6. The van der Waals surface area contributed by atoms with Crippen LogP contribution in [-0.4, -0.2) is 39.6 Å². The molecule has 178 valence electrons. The molecule has 0 saturated heterocycles. The number of benzene rings is 3. The first-order valence-corrected chi connectivity index (χ1v) is 12.2. The van der Waals surface area contributed by atoms with E-state index < -0.39 is 5.82 Å². The van der Waals surface area contributed by atoms with Crippen molar-refractivity contribution in [2.24, 2.45) is 0 Å². The highest BCUT2D eigenvalue weighted by atomic mass is 32.2. The number of halogens is 1. The molecule has 1 aromatic heterocycles. The van der Waals surface area contributed by atoms with Crippen LogP contribution in [0.1, 0.15) is 12.0 Å². The SMILES string of the molecule is Cc1ccc(-n2c(SCC(=O)Nc3ccc4c(c3)OCCCO4)nnc2-c2ccccc2F)cc1. The molecule has 1 aliphatic heterocycles. The lowest BCUT2D eigenvalue weighted by atomic mass is 10.2. The van der Waals surface area contributed by atoms with Gasteiger partial charge in [0.2, 0.25) is 5.91 Å². The molecule has 1 N–H and O–H groups in total. The van der Waals surface area contributed by atoms with E-state index in [1.807, 2.05) is 31.2 Å². The highest BCUT2D eigenvalue weighted by Gasteiger charge is 2.20. The third-order valence-electron chi connectivity index (χ3n) is 5.40. The van der Waals surface area contributed by atoms with Crippen molar-refractivity contribution in [2.45, 2.75) is 18.5 Å². The van der Waals surface area contributed by atoms with Crippen molar-refractivity contribution in [3.05, 3.63) is 78.1 Å². The largest absolute Gasteiger partial charge is 0.490 e. The topological polar surface area (TPSA) is 78.3 Å². The van der Waals surface area contributed by atoms with Gasteiger partial charge in [-0.25, -0.2) is 4.39 Å². The zero-order valence-corrected chi connectivity index (χ0v) is 19.8. The first-order valence-electron chi connectivity index (χ1n) is 11.2. The minimum Gasteiger partial charge on any atom is -0.490 e. The molecule has 3 aromatic carbocycles. The molecule has 7 nitrogen and oxygen atoms in total. The third-order valence-corrected chi connectivity index (χ3v) is 6.33. The van der Waals surface area contributed by atoms with Crippen molar-refractivity contribution in [3.8, 4) is 28.6 Å². The summed E-state index contributed by atoms with van der Waals surface area (Å²) in [6.45, 7) is 3.17.